The Bertz CT molecular complexity index is 1040. The second-order valence-electron chi connectivity index (χ2n) is 8.06. The summed E-state index contributed by atoms with van der Waals surface area (Å²) in [6.07, 6.45) is 4.60. The van der Waals surface area contributed by atoms with E-state index in [0.717, 1.165) is 36.8 Å². The molecule has 7 nitrogen and oxygen atoms in total. The molecule has 30 heavy (non-hydrogen) atoms. The van der Waals surface area contributed by atoms with Crippen LogP contribution in [-0.4, -0.2) is 50.1 Å². The lowest BCUT2D eigenvalue weighted by molar-refractivity contribution is 0.0688. The minimum absolute atomic E-state index is 0.193. The number of sulfonamides is 1. The average Bonchev–Trinajstić information content (AvgIpc) is 2.68. The first-order chi connectivity index (χ1) is 14.2. The first-order valence-electron chi connectivity index (χ1n) is 10.2. The molecule has 0 saturated carbocycles. The number of hydrogen-bond acceptors (Lipinski definition) is 4. The van der Waals surface area contributed by atoms with E-state index in [1.165, 1.54) is 5.56 Å². The fourth-order valence-electron chi connectivity index (χ4n) is 3.81. The average molecular weight is 432 g/mol. The minimum atomic E-state index is -3.15. The quantitative estimate of drug-likeness (QED) is 0.699. The summed E-state index contributed by atoms with van der Waals surface area (Å²) < 4.78 is 24.7. The van der Waals surface area contributed by atoms with E-state index in [1.807, 2.05) is 12.1 Å². The molecule has 0 unspecified atom stereocenters. The Labute approximate surface area is 177 Å². The van der Waals surface area contributed by atoms with Crippen molar-refractivity contribution in [2.45, 2.75) is 32.6 Å². The normalized spacial score (nSPS) is 15.3. The van der Waals surface area contributed by atoms with Crippen molar-refractivity contribution in [3.05, 3.63) is 69.1 Å². The summed E-state index contributed by atoms with van der Waals surface area (Å²) in [5.74, 6) is 0.310. The number of carbonyl (C=O) groups excluding carboxylic acids is 1. The molecule has 0 bridgehead atoms. The van der Waals surface area contributed by atoms with Gasteiger partial charge in [0.1, 0.15) is 5.56 Å². The van der Waals surface area contributed by atoms with Gasteiger partial charge in [-0.1, -0.05) is 24.3 Å². The third-order valence-corrected chi connectivity index (χ3v) is 6.24. The Balaban J connectivity index is 1.48. The molecule has 0 aliphatic carbocycles. The van der Waals surface area contributed by atoms with Gasteiger partial charge in [0.25, 0.3) is 11.5 Å². The highest BCUT2D eigenvalue weighted by Crippen LogP contribution is 2.23. The van der Waals surface area contributed by atoms with Crippen molar-refractivity contribution < 1.29 is 13.2 Å². The molecule has 1 fully saturated rings. The number of likely N-dealkylation sites (tertiary alicyclic amines) is 1. The molecular weight excluding hydrogens is 402 g/mol. The lowest BCUT2D eigenvalue weighted by Gasteiger charge is -2.32. The van der Waals surface area contributed by atoms with Crippen LogP contribution in [0, 0.1) is 12.8 Å². The van der Waals surface area contributed by atoms with Gasteiger partial charge < -0.3 is 9.88 Å². The molecule has 1 amide bonds. The number of aromatic amines is 1. The van der Waals surface area contributed by atoms with Gasteiger partial charge in [-0.3, -0.25) is 9.59 Å². The number of benzene rings is 1. The van der Waals surface area contributed by atoms with Gasteiger partial charge in [0, 0.05) is 25.3 Å². The fourth-order valence-corrected chi connectivity index (χ4v) is 4.28. The maximum absolute atomic E-state index is 12.6. The molecule has 0 radical (unpaired) electrons. The summed E-state index contributed by atoms with van der Waals surface area (Å²) in [6, 6.07) is 11.6. The summed E-state index contributed by atoms with van der Waals surface area (Å²) in [5, 5.41) is 0. The number of rotatable bonds is 7. The second-order valence-corrected chi connectivity index (χ2v) is 9.89. The van der Waals surface area contributed by atoms with E-state index >= 15 is 0 Å². The van der Waals surface area contributed by atoms with Crippen LogP contribution in [0.5, 0.6) is 0 Å². The van der Waals surface area contributed by atoms with Gasteiger partial charge in [0.05, 0.1) is 6.26 Å². The number of H-pyrrole nitrogens is 1. The van der Waals surface area contributed by atoms with Crippen LogP contribution in [-0.2, 0) is 22.9 Å². The molecule has 3 rings (SSSR count). The van der Waals surface area contributed by atoms with Gasteiger partial charge in [-0.05, 0) is 61.8 Å². The predicted molar refractivity (Wildman–Crippen MR) is 117 cm³/mol. The topological polar surface area (TPSA) is 99.3 Å². The minimum Gasteiger partial charge on any atom is -0.338 e. The molecular formula is C22H29N3O4S. The number of hydrogen-bond donors (Lipinski definition) is 2. The Morgan fingerprint density at radius 1 is 1.10 bits per heavy atom. The van der Waals surface area contributed by atoms with Crippen molar-refractivity contribution in [1.82, 2.24) is 14.6 Å². The summed E-state index contributed by atoms with van der Waals surface area (Å²) in [5.41, 5.74) is 2.97. The van der Waals surface area contributed by atoms with E-state index in [9.17, 15) is 18.0 Å². The highest BCUT2D eigenvalue weighted by molar-refractivity contribution is 7.88. The first kappa shape index (κ1) is 22.2. The number of carbonyl (C=O) groups is 1. The molecule has 1 aromatic heterocycles. The Kier molecular flexibility index (Phi) is 7.10. The zero-order chi connectivity index (χ0) is 21.7. The molecule has 2 heterocycles. The van der Waals surface area contributed by atoms with E-state index in [4.69, 9.17) is 0 Å². The number of aryl methyl sites for hydroxylation is 1. The van der Waals surface area contributed by atoms with Crippen molar-refractivity contribution >= 4 is 15.9 Å². The first-order valence-corrected chi connectivity index (χ1v) is 12.1. The number of amides is 1. The maximum atomic E-state index is 12.6. The highest BCUT2D eigenvalue weighted by atomic mass is 32.2. The van der Waals surface area contributed by atoms with Crippen LogP contribution in [0.3, 0.4) is 0 Å². The van der Waals surface area contributed by atoms with Crippen LogP contribution >= 0.6 is 0 Å². The van der Waals surface area contributed by atoms with Gasteiger partial charge >= 0.3 is 0 Å². The van der Waals surface area contributed by atoms with Crippen LogP contribution in [0.2, 0.25) is 0 Å². The molecule has 2 aromatic rings. The van der Waals surface area contributed by atoms with Gasteiger partial charge in [-0.2, -0.15) is 0 Å². The summed E-state index contributed by atoms with van der Waals surface area (Å²) in [6.45, 7) is 3.51. The number of nitrogens with one attached hydrogen (secondary N) is 2. The summed E-state index contributed by atoms with van der Waals surface area (Å²) in [4.78, 5) is 29.1. The van der Waals surface area contributed by atoms with Crippen LogP contribution in [0.15, 0.2) is 41.2 Å². The molecule has 162 valence electrons. The Hall–Kier alpha value is -2.45. The Morgan fingerprint density at radius 2 is 1.73 bits per heavy atom. The molecule has 1 saturated heterocycles. The fraction of sp³-hybridized carbons (Fsp3) is 0.455. The molecule has 8 heteroatoms. The van der Waals surface area contributed by atoms with Crippen LogP contribution < -0.4 is 10.3 Å². The van der Waals surface area contributed by atoms with Crippen LogP contribution in [0.25, 0.3) is 0 Å². The van der Waals surface area contributed by atoms with E-state index < -0.39 is 10.0 Å². The largest absolute Gasteiger partial charge is 0.338 e. The lowest BCUT2D eigenvalue weighted by atomic mass is 9.89. The summed E-state index contributed by atoms with van der Waals surface area (Å²) in [7, 11) is -3.15. The van der Waals surface area contributed by atoms with Gasteiger partial charge in [-0.25, -0.2) is 13.1 Å². The van der Waals surface area contributed by atoms with E-state index in [-0.39, 0.29) is 17.0 Å². The number of piperidine rings is 1. The maximum Gasteiger partial charge on any atom is 0.260 e. The van der Waals surface area contributed by atoms with Gasteiger partial charge in [0.2, 0.25) is 10.0 Å². The number of pyridine rings is 1. The molecule has 0 atom stereocenters. The van der Waals surface area contributed by atoms with Gasteiger partial charge in [-0.15, -0.1) is 0 Å². The standard InChI is InChI=1S/C22H29N3O4S/c1-16-3-8-20(21(26)24-16)22(27)25-13-10-19(11-14-25)15-18-6-4-17(5-7-18)9-12-23-30(2,28)29/h3-8,19,23H,9-15H2,1-2H3,(H,24,26). The zero-order valence-electron chi connectivity index (χ0n) is 17.5. The van der Waals surface area contributed by atoms with Crippen molar-refractivity contribution in [2.75, 3.05) is 25.9 Å². The number of aromatic nitrogens is 1. The molecule has 2 N–H and O–H groups in total. The SMILES string of the molecule is Cc1ccc(C(=O)N2CCC(Cc3ccc(CCNS(C)(=O)=O)cc3)CC2)c(=O)[nH]1. The third kappa shape index (κ3) is 6.27. The lowest BCUT2D eigenvalue weighted by Crippen LogP contribution is -2.41. The molecule has 0 spiro atoms. The van der Waals surface area contributed by atoms with E-state index in [1.54, 1.807) is 24.0 Å². The van der Waals surface area contributed by atoms with E-state index in [2.05, 4.69) is 21.8 Å². The van der Waals surface area contributed by atoms with Crippen LogP contribution in [0.4, 0.5) is 0 Å². The van der Waals surface area contributed by atoms with Crippen molar-refractivity contribution in [3.63, 3.8) is 0 Å². The Morgan fingerprint density at radius 3 is 2.33 bits per heavy atom. The zero-order valence-corrected chi connectivity index (χ0v) is 18.3. The molecule has 1 aromatic carbocycles. The molecule has 1 aliphatic rings. The summed E-state index contributed by atoms with van der Waals surface area (Å²) >= 11 is 0. The van der Waals surface area contributed by atoms with Crippen molar-refractivity contribution in [3.8, 4) is 0 Å². The van der Waals surface area contributed by atoms with Crippen LogP contribution in [0.1, 0.15) is 40.0 Å². The highest BCUT2D eigenvalue weighted by Gasteiger charge is 2.25. The van der Waals surface area contributed by atoms with Crippen molar-refractivity contribution in [1.29, 1.82) is 0 Å². The number of nitrogens with zero attached hydrogens (tertiary/aromatic N) is 1. The smallest absolute Gasteiger partial charge is 0.260 e. The van der Waals surface area contributed by atoms with Gasteiger partial charge in [0.15, 0.2) is 0 Å². The predicted octanol–water partition coefficient (Wildman–Crippen LogP) is 1.87. The van der Waals surface area contributed by atoms with E-state index in [0.29, 0.717) is 32.0 Å². The second kappa shape index (κ2) is 9.57. The monoisotopic (exact) mass is 431 g/mol. The van der Waals surface area contributed by atoms with Crippen molar-refractivity contribution in [2.24, 2.45) is 5.92 Å². The molecule has 1 aliphatic heterocycles. The third-order valence-electron chi connectivity index (χ3n) is 5.51.